The largest absolute Gasteiger partial charge is 0.379 e. The highest BCUT2D eigenvalue weighted by atomic mass is 32.2. The number of hydrogen-bond acceptors (Lipinski definition) is 6. The van der Waals surface area contributed by atoms with Gasteiger partial charge in [-0.3, -0.25) is 10.1 Å². The topological polar surface area (TPSA) is 93.0 Å². The van der Waals surface area contributed by atoms with E-state index in [1.54, 1.807) is 25.2 Å². The second-order valence-corrected chi connectivity index (χ2v) is 8.31. The van der Waals surface area contributed by atoms with E-state index >= 15 is 0 Å². The van der Waals surface area contributed by atoms with Gasteiger partial charge in [-0.2, -0.15) is 4.31 Å². The average Bonchev–Trinajstić information content (AvgIpc) is 2.69. The monoisotopic (exact) mass is 409 g/mol. The lowest BCUT2D eigenvalue weighted by atomic mass is 10.2. The summed E-state index contributed by atoms with van der Waals surface area (Å²) in [5, 5.41) is 11.6. The molecule has 1 aliphatic rings. The van der Waals surface area contributed by atoms with Gasteiger partial charge in [-0.15, -0.1) is 0 Å². The van der Waals surface area contributed by atoms with Gasteiger partial charge in [0.1, 0.15) is 11.5 Å². The van der Waals surface area contributed by atoms with E-state index in [4.69, 9.17) is 4.74 Å². The van der Waals surface area contributed by atoms with E-state index < -0.39 is 20.8 Å². The van der Waals surface area contributed by atoms with Gasteiger partial charge < -0.3 is 9.64 Å². The van der Waals surface area contributed by atoms with E-state index in [9.17, 15) is 22.9 Å². The Bertz CT molecular complexity index is 977. The van der Waals surface area contributed by atoms with E-state index in [1.165, 1.54) is 27.4 Å². The second-order valence-electron chi connectivity index (χ2n) is 6.37. The normalized spacial score (nSPS) is 15.4. The molecule has 2 aromatic carbocycles. The van der Waals surface area contributed by atoms with Crippen molar-refractivity contribution in [2.24, 2.45) is 0 Å². The van der Waals surface area contributed by atoms with Crippen LogP contribution in [0.1, 0.15) is 5.56 Å². The fraction of sp³-hybridized carbons (Fsp3) is 0.333. The molecule has 0 unspecified atom stereocenters. The molecule has 28 heavy (non-hydrogen) atoms. The van der Waals surface area contributed by atoms with Crippen molar-refractivity contribution < 1.29 is 22.5 Å². The molecule has 0 saturated carbocycles. The van der Waals surface area contributed by atoms with Crippen LogP contribution >= 0.6 is 0 Å². The van der Waals surface area contributed by atoms with Crippen molar-refractivity contribution in [2.45, 2.75) is 11.4 Å². The fourth-order valence-corrected chi connectivity index (χ4v) is 4.46. The zero-order valence-corrected chi connectivity index (χ0v) is 16.1. The van der Waals surface area contributed by atoms with Gasteiger partial charge in [0.2, 0.25) is 10.0 Å². The van der Waals surface area contributed by atoms with E-state index in [0.717, 1.165) is 6.07 Å². The highest BCUT2D eigenvalue weighted by Crippen LogP contribution is 2.32. The van der Waals surface area contributed by atoms with Crippen molar-refractivity contribution in [2.75, 3.05) is 38.3 Å². The summed E-state index contributed by atoms with van der Waals surface area (Å²) in [7, 11) is -2.27. The minimum absolute atomic E-state index is 0.100. The number of halogens is 1. The molecule has 1 heterocycles. The molecule has 150 valence electrons. The Balaban J connectivity index is 1.93. The number of nitrogens with zero attached hydrogens (tertiary/aromatic N) is 3. The Morgan fingerprint density at radius 2 is 1.89 bits per heavy atom. The van der Waals surface area contributed by atoms with Crippen LogP contribution in [0.2, 0.25) is 0 Å². The van der Waals surface area contributed by atoms with Crippen LogP contribution in [0.5, 0.6) is 0 Å². The zero-order valence-electron chi connectivity index (χ0n) is 15.2. The van der Waals surface area contributed by atoms with E-state index in [0.29, 0.717) is 5.56 Å². The molecule has 0 aromatic heterocycles. The van der Waals surface area contributed by atoms with Gasteiger partial charge in [-0.1, -0.05) is 18.2 Å². The molecule has 10 heteroatoms. The number of morpholine rings is 1. The highest BCUT2D eigenvalue weighted by molar-refractivity contribution is 7.89. The van der Waals surface area contributed by atoms with E-state index in [1.807, 2.05) is 0 Å². The maximum Gasteiger partial charge on any atom is 0.293 e. The third kappa shape index (κ3) is 4.13. The number of ether oxygens (including phenoxy) is 1. The van der Waals surface area contributed by atoms with Crippen LogP contribution in [-0.4, -0.2) is 51.0 Å². The third-order valence-electron chi connectivity index (χ3n) is 4.53. The van der Waals surface area contributed by atoms with Crippen LogP contribution in [0.15, 0.2) is 47.4 Å². The number of hydrogen-bond donors (Lipinski definition) is 0. The first kappa shape index (κ1) is 20.2. The fourth-order valence-electron chi connectivity index (χ4n) is 3.04. The Morgan fingerprint density at radius 1 is 1.21 bits per heavy atom. The Hall–Kier alpha value is -2.56. The molecule has 0 aliphatic carbocycles. The molecule has 0 bridgehead atoms. The molecule has 1 saturated heterocycles. The van der Waals surface area contributed by atoms with Crippen LogP contribution in [0, 0.1) is 15.9 Å². The van der Waals surface area contributed by atoms with Gasteiger partial charge in [0.05, 0.1) is 23.0 Å². The van der Waals surface area contributed by atoms with Crippen LogP contribution in [0.3, 0.4) is 0 Å². The summed E-state index contributed by atoms with van der Waals surface area (Å²) < 4.78 is 45.8. The van der Waals surface area contributed by atoms with Crippen molar-refractivity contribution >= 4 is 21.4 Å². The average molecular weight is 409 g/mol. The zero-order chi connectivity index (χ0) is 20.3. The van der Waals surface area contributed by atoms with Crippen molar-refractivity contribution in [1.29, 1.82) is 0 Å². The molecular weight excluding hydrogens is 389 g/mol. The van der Waals surface area contributed by atoms with E-state index in [2.05, 4.69) is 0 Å². The summed E-state index contributed by atoms with van der Waals surface area (Å²) in [5.74, 6) is -0.413. The first-order valence-corrected chi connectivity index (χ1v) is 10.1. The Kier molecular flexibility index (Phi) is 5.92. The lowest BCUT2D eigenvalue weighted by Gasteiger charge is -2.26. The minimum atomic E-state index is -3.86. The summed E-state index contributed by atoms with van der Waals surface area (Å²) in [6, 6.07) is 9.92. The van der Waals surface area contributed by atoms with Crippen LogP contribution in [-0.2, 0) is 21.3 Å². The summed E-state index contributed by atoms with van der Waals surface area (Å²) in [6.45, 7) is 1.06. The van der Waals surface area contributed by atoms with Gasteiger partial charge in [-0.25, -0.2) is 12.8 Å². The summed E-state index contributed by atoms with van der Waals surface area (Å²) in [6.07, 6.45) is 0. The maximum atomic E-state index is 13.9. The van der Waals surface area contributed by atoms with Gasteiger partial charge in [0.25, 0.3) is 5.69 Å². The quantitative estimate of drug-likeness (QED) is 0.537. The number of benzene rings is 2. The summed E-state index contributed by atoms with van der Waals surface area (Å²) >= 11 is 0. The molecule has 2 aromatic rings. The number of nitro benzene ring substituents is 1. The first-order chi connectivity index (χ1) is 13.3. The molecule has 0 atom stereocenters. The smallest absolute Gasteiger partial charge is 0.293 e. The standard InChI is InChI=1S/C18H20FN3O5S/c1-20(13-14-4-2-3-5-16(14)19)17-7-6-15(12-18(17)22(23)24)28(25,26)21-8-10-27-11-9-21/h2-7,12H,8-11,13H2,1H3. The van der Waals surface area contributed by atoms with Crippen molar-refractivity contribution in [3.8, 4) is 0 Å². The van der Waals surface area contributed by atoms with Gasteiger partial charge >= 0.3 is 0 Å². The summed E-state index contributed by atoms with van der Waals surface area (Å²) in [5.41, 5.74) is 0.228. The SMILES string of the molecule is CN(Cc1ccccc1F)c1ccc(S(=O)(=O)N2CCOCC2)cc1[N+](=O)[O-]. The van der Waals surface area contributed by atoms with Crippen LogP contribution in [0.25, 0.3) is 0 Å². The lowest BCUT2D eigenvalue weighted by molar-refractivity contribution is -0.384. The number of anilines is 1. The van der Waals surface area contributed by atoms with Gasteiger partial charge in [-0.05, 0) is 18.2 Å². The van der Waals surface area contributed by atoms with Gasteiger partial charge in [0.15, 0.2) is 0 Å². The van der Waals surface area contributed by atoms with Crippen LogP contribution < -0.4 is 4.90 Å². The number of sulfonamides is 1. The number of nitro groups is 1. The Labute approximate surface area is 162 Å². The second kappa shape index (κ2) is 8.21. The first-order valence-electron chi connectivity index (χ1n) is 8.61. The Morgan fingerprint density at radius 3 is 2.54 bits per heavy atom. The summed E-state index contributed by atoms with van der Waals surface area (Å²) in [4.78, 5) is 12.3. The van der Waals surface area contributed by atoms with Gasteiger partial charge in [0, 0.05) is 38.3 Å². The van der Waals surface area contributed by atoms with E-state index in [-0.39, 0.29) is 49.1 Å². The predicted molar refractivity (Wildman–Crippen MR) is 101 cm³/mol. The maximum absolute atomic E-state index is 13.9. The van der Waals surface area contributed by atoms with Crippen molar-refractivity contribution in [3.05, 3.63) is 64.0 Å². The molecule has 0 amide bonds. The van der Waals surface area contributed by atoms with Crippen molar-refractivity contribution in [3.63, 3.8) is 0 Å². The predicted octanol–water partition coefficient (Wildman–Crippen LogP) is 2.39. The molecule has 0 N–H and O–H groups in total. The minimum Gasteiger partial charge on any atom is -0.379 e. The van der Waals surface area contributed by atoms with Crippen molar-refractivity contribution in [1.82, 2.24) is 4.31 Å². The third-order valence-corrected chi connectivity index (χ3v) is 6.42. The molecule has 0 radical (unpaired) electrons. The molecule has 3 rings (SSSR count). The van der Waals surface area contributed by atoms with Crippen LogP contribution in [0.4, 0.5) is 15.8 Å². The molecule has 1 fully saturated rings. The molecular formula is C18H20FN3O5S. The molecule has 8 nitrogen and oxygen atoms in total. The number of rotatable bonds is 6. The molecule has 0 spiro atoms. The lowest BCUT2D eigenvalue weighted by Crippen LogP contribution is -2.40. The molecule has 1 aliphatic heterocycles. The highest BCUT2D eigenvalue weighted by Gasteiger charge is 2.29.